The summed E-state index contributed by atoms with van der Waals surface area (Å²) in [7, 11) is 0. The average Bonchev–Trinajstić information content (AvgIpc) is 2.85. The molecule has 0 fully saturated rings. The Hall–Kier alpha value is -4.20. The van der Waals surface area contributed by atoms with Crippen LogP contribution in [0.2, 0.25) is 5.02 Å². The number of rotatable bonds is 9. The number of halogens is 1. The van der Waals surface area contributed by atoms with Gasteiger partial charge in [-0.3, -0.25) is 9.36 Å². The highest BCUT2D eigenvalue weighted by atomic mass is 35.5. The standard InChI is InChI=1S/C25H26ClN9O/c1-15(31-22-17(13-27)21(28)33-25(29)34-22)23-32-19-10-5-9-18(26)20(19)24(36)35(23)12-6-11-30-14-16-7-3-2-4-8-16/h2-5,7-10,15,30H,6,11-12,14H2,1H3,(H5,28,29,31,33,34)/t15-/m0/s1. The van der Waals surface area contributed by atoms with E-state index in [0.29, 0.717) is 41.3 Å². The van der Waals surface area contributed by atoms with Gasteiger partial charge in [0.25, 0.3) is 5.56 Å². The Morgan fingerprint density at radius 1 is 1.11 bits per heavy atom. The van der Waals surface area contributed by atoms with Crippen molar-refractivity contribution in [2.24, 2.45) is 0 Å². The van der Waals surface area contributed by atoms with Gasteiger partial charge in [0.05, 0.1) is 22.0 Å². The van der Waals surface area contributed by atoms with Gasteiger partial charge in [-0.25, -0.2) is 4.98 Å². The lowest BCUT2D eigenvalue weighted by atomic mass is 10.2. The number of nitriles is 1. The molecule has 0 bridgehead atoms. The molecule has 36 heavy (non-hydrogen) atoms. The van der Waals surface area contributed by atoms with E-state index in [1.54, 1.807) is 22.8 Å². The van der Waals surface area contributed by atoms with Crippen LogP contribution in [0.5, 0.6) is 0 Å². The molecule has 0 amide bonds. The second-order valence-corrected chi connectivity index (χ2v) is 8.65. The van der Waals surface area contributed by atoms with E-state index in [9.17, 15) is 10.1 Å². The minimum atomic E-state index is -0.515. The van der Waals surface area contributed by atoms with Crippen LogP contribution in [0.4, 0.5) is 17.6 Å². The maximum Gasteiger partial charge on any atom is 0.262 e. The molecule has 1 atom stereocenters. The number of nitrogens with two attached hydrogens (primary N) is 2. The first-order valence-electron chi connectivity index (χ1n) is 11.4. The second kappa shape index (κ2) is 11.0. The average molecular weight is 504 g/mol. The summed E-state index contributed by atoms with van der Waals surface area (Å²) in [4.78, 5) is 26.2. The molecule has 0 spiro atoms. The van der Waals surface area contributed by atoms with Crippen LogP contribution >= 0.6 is 11.6 Å². The van der Waals surface area contributed by atoms with Crippen molar-refractivity contribution in [3.63, 3.8) is 0 Å². The molecule has 2 aromatic carbocycles. The highest BCUT2D eigenvalue weighted by Crippen LogP contribution is 2.25. The van der Waals surface area contributed by atoms with E-state index in [1.165, 1.54) is 5.56 Å². The van der Waals surface area contributed by atoms with Crippen molar-refractivity contribution in [1.82, 2.24) is 24.8 Å². The van der Waals surface area contributed by atoms with Gasteiger partial charge >= 0.3 is 0 Å². The lowest BCUT2D eigenvalue weighted by Crippen LogP contribution is -2.30. The van der Waals surface area contributed by atoms with Gasteiger partial charge in [-0.15, -0.1) is 0 Å². The smallest absolute Gasteiger partial charge is 0.262 e. The molecule has 0 radical (unpaired) electrons. The Labute approximate surface area is 213 Å². The van der Waals surface area contributed by atoms with Crippen LogP contribution in [0.3, 0.4) is 0 Å². The third kappa shape index (κ3) is 5.38. The van der Waals surface area contributed by atoms with E-state index < -0.39 is 6.04 Å². The first-order valence-corrected chi connectivity index (χ1v) is 11.8. The number of fused-ring (bicyclic) bond motifs is 1. The molecule has 4 aromatic rings. The highest BCUT2D eigenvalue weighted by Gasteiger charge is 2.20. The van der Waals surface area contributed by atoms with Crippen LogP contribution in [-0.4, -0.2) is 26.1 Å². The fourth-order valence-electron chi connectivity index (χ4n) is 3.96. The van der Waals surface area contributed by atoms with Gasteiger partial charge in [0.1, 0.15) is 23.3 Å². The maximum absolute atomic E-state index is 13.5. The largest absolute Gasteiger partial charge is 0.382 e. The Bertz CT molecular complexity index is 1480. The molecule has 0 aliphatic heterocycles. The first-order chi connectivity index (χ1) is 17.4. The van der Waals surface area contributed by atoms with Crippen molar-refractivity contribution in [2.75, 3.05) is 23.3 Å². The molecule has 184 valence electrons. The molecule has 10 nitrogen and oxygen atoms in total. The summed E-state index contributed by atoms with van der Waals surface area (Å²) >= 11 is 6.36. The molecule has 0 saturated carbocycles. The van der Waals surface area contributed by atoms with Crippen LogP contribution in [0.15, 0.2) is 53.3 Å². The summed E-state index contributed by atoms with van der Waals surface area (Å²) in [5, 5.41) is 16.7. The summed E-state index contributed by atoms with van der Waals surface area (Å²) in [6.45, 7) is 3.66. The van der Waals surface area contributed by atoms with E-state index in [1.807, 2.05) is 31.2 Å². The number of aromatic nitrogens is 4. The van der Waals surface area contributed by atoms with E-state index in [2.05, 4.69) is 32.7 Å². The van der Waals surface area contributed by atoms with Crippen LogP contribution in [0, 0.1) is 11.3 Å². The lowest BCUT2D eigenvalue weighted by Gasteiger charge is -2.21. The van der Waals surface area contributed by atoms with Gasteiger partial charge in [0.2, 0.25) is 5.95 Å². The van der Waals surface area contributed by atoms with Gasteiger partial charge in [0, 0.05) is 13.1 Å². The molecule has 6 N–H and O–H groups in total. The lowest BCUT2D eigenvalue weighted by molar-refractivity contribution is 0.537. The second-order valence-electron chi connectivity index (χ2n) is 8.25. The quantitative estimate of drug-likeness (QED) is 0.251. The molecule has 2 heterocycles. The summed E-state index contributed by atoms with van der Waals surface area (Å²) in [5.74, 6) is 0.546. The van der Waals surface area contributed by atoms with Crippen molar-refractivity contribution in [1.29, 1.82) is 5.26 Å². The molecule has 4 rings (SSSR count). The van der Waals surface area contributed by atoms with Crippen molar-refractivity contribution in [3.8, 4) is 6.07 Å². The molecule has 11 heteroatoms. The topological polar surface area (TPSA) is 161 Å². The molecule has 0 aliphatic rings. The predicted octanol–water partition coefficient (Wildman–Crippen LogP) is 3.23. The van der Waals surface area contributed by atoms with Crippen LogP contribution < -0.4 is 27.7 Å². The number of anilines is 3. The zero-order valence-corrected chi connectivity index (χ0v) is 20.5. The van der Waals surface area contributed by atoms with E-state index in [0.717, 1.165) is 6.54 Å². The van der Waals surface area contributed by atoms with Crippen LogP contribution in [0.1, 0.15) is 36.3 Å². The van der Waals surface area contributed by atoms with Gasteiger partial charge in [-0.05, 0) is 37.6 Å². The predicted molar refractivity (Wildman–Crippen MR) is 141 cm³/mol. The molecular formula is C25H26ClN9O. The molecular weight excluding hydrogens is 478 g/mol. The molecule has 0 unspecified atom stereocenters. The number of nitrogens with zero attached hydrogens (tertiary/aromatic N) is 5. The summed E-state index contributed by atoms with van der Waals surface area (Å²) < 4.78 is 1.61. The number of hydrogen-bond acceptors (Lipinski definition) is 9. The number of benzene rings is 2. The molecule has 0 aliphatic carbocycles. The SMILES string of the molecule is C[C@H](Nc1nc(N)nc(N)c1C#N)c1nc2cccc(Cl)c2c(=O)n1CCCNCc1ccccc1. The van der Waals surface area contributed by atoms with Gasteiger partial charge in [-0.2, -0.15) is 15.2 Å². The van der Waals surface area contributed by atoms with E-state index in [4.69, 9.17) is 28.1 Å². The van der Waals surface area contributed by atoms with Crippen molar-refractivity contribution in [2.45, 2.75) is 32.5 Å². The summed E-state index contributed by atoms with van der Waals surface area (Å²) in [6, 6.07) is 16.7. The first kappa shape index (κ1) is 24.9. The third-order valence-electron chi connectivity index (χ3n) is 5.68. The molecule has 0 saturated heterocycles. The Balaban J connectivity index is 1.62. The fraction of sp³-hybridized carbons (Fsp3) is 0.240. The maximum atomic E-state index is 13.5. The van der Waals surface area contributed by atoms with Gasteiger partial charge in [0.15, 0.2) is 5.82 Å². The van der Waals surface area contributed by atoms with Gasteiger partial charge < -0.3 is 22.1 Å². The fourth-order valence-corrected chi connectivity index (χ4v) is 4.21. The zero-order valence-electron chi connectivity index (χ0n) is 19.7. The minimum absolute atomic E-state index is 0.0279. The monoisotopic (exact) mass is 503 g/mol. The molecule has 2 aromatic heterocycles. The highest BCUT2D eigenvalue weighted by molar-refractivity contribution is 6.35. The normalized spacial score (nSPS) is 11.8. The number of hydrogen-bond donors (Lipinski definition) is 4. The van der Waals surface area contributed by atoms with Crippen LogP contribution in [0.25, 0.3) is 10.9 Å². The van der Waals surface area contributed by atoms with Crippen molar-refractivity contribution >= 4 is 40.1 Å². The van der Waals surface area contributed by atoms with Crippen LogP contribution in [-0.2, 0) is 13.1 Å². The number of nitrogen functional groups attached to an aromatic ring is 2. The van der Waals surface area contributed by atoms with Crippen molar-refractivity contribution < 1.29 is 0 Å². The minimum Gasteiger partial charge on any atom is -0.382 e. The van der Waals surface area contributed by atoms with Gasteiger partial charge in [-0.1, -0.05) is 48.0 Å². The van der Waals surface area contributed by atoms with Crippen molar-refractivity contribution in [3.05, 3.63) is 80.9 Å². The third-order valence-corrected chi connectivity index (χ3v) is 5.99. The van der Waals surface area contributed by atoms with E-state index in [-0.39, 0.29) is 28.7 Å². The Kier molecular flexibility index (Phi) is 7.63. The number of nitrogens with one attached hydrogen (secondary N) is 2. The van der Waals surface area contributed by atoms with E-state index >= 15 is 0 Å². The Morgan fingerprint density at radius 3 is 2.64 bits per heavy atom. The Morgan fingerprint density at radius 2 is 1.89 bits per heavy atom. The summed E-state index contributed by atoms with van der Waals surface area (Å²) in [5.41, 5.74) is 13.1. The summed E-state index contributed by atoms with van der Waals surface area (Å²) in [6.07, 6.45) is 0.681. The zero-order chi connectivity index (χ0) is 25.7.